The van der Waals surface area contributed by atoms with Gasteiger partial charge in [0, 0.05) is 13.1 Å². The highest BCUT2D eigenvalue weighted by atomic mass is 32.1. The number of hydrogen-bond acceptors (Lipinski definition) is 3. The summed E-state index contributed by atoms with van der Waals surface area (Å²) in [5.41, 5.74) is 0. The molecule has 1 saturated heterocycles. The van der Waals surface area contributed by atoms with Gasteiger partial charge in [-0.3, -0.25) is 0 Å². The smallest absolute Gasteiger partial charge is 0.241 e. The minimum Gasteiger partial charge on any atom is -0.387 e. The number of nitrogens with zero attached hydrogens (tertiary/aromatic N) is 1. The van der Waals surface area contributed by atoms with Gasteiger partial charge in [0.2, 0.25) is 4.38 Å². The molecule has 1 aliphatic heterocycles. The van der Waals surface area contributed by atoms with Gasteiger partial charge < -0.3 is 4.84 Å². The Kier molecular flexibility index (Phi) is 2.75. The number of thiol groups is 1. The summed E-state index contributed by atoms with van der Waals surface area (Å²) in [6.45, 7) is 1.97. The van der Waals surface area contributed by atoms with Crippen molar-refractivity contribution in [1.82, 2.24) is 5.06 Å². The van der Waals surface area contributed by atoms with E-state index >= 15 is 0 Å². The normalized spacial score (nSPS) is 20.1. The van der Waals surface area contributed by atoms with E-state index in [4.69, 9.17) is 4.84 Å². The summed E-state index contributed by atoms with van der Waals surface area (Å²) in [5.74, 6) is 0. The molecule has 0 radical (unpaired) electrons. The Morgan fingerprint density at radius 1 is 1.44 bits per heavy atom. The molecule has 0 spiro atoms. The van der Waals surface area contributed by atoms with Gasteiger partial charge in [-0.15, -0.1) is 5.06 Å². The van der Waals surface area contributed by atoms with Crippen LogP contribution >= 0.6 is 24.8 Å². The lowest BCUT2D eigenvalue weighted by atomic mass is 10.4. The highest BCUT2D eigenvalue weighted by molar-refractivity contribution is 8.10. The maximum Gasteiger partial charge on any atom is 0.241 e. The van der Waals surface area contributed by atoms with Crippen molar-refractivity contribution in [2.75, 3.05) is 13.1 Å². The third kappa shape index (κ3) is 2.51. The minimum atomic E-state index is 0.317. The van der Waals surface area contributed by atoms with Crippen molar-refractivity contribution in [2.45, 2.75) is 12.8 Å². The lowest BCUT2D eigenvalue weighted by molar-refractivity contribution is -0.0415. The van der Waals surface area contributed by atoms with Crippen molar-refractivity contribution in [3.63, 3.8) is 0 Å². The third-order valence-electron chi connectivity index (χ3n) is 1.27. The average Bonchev–Trinajstić information content (AvgIpc) is 2.15. The minimum absolute atomic E-state index is 0.317. The lowest BCUT2D eigenvalue weighted by Crippen LogP contribution is -2.20. The molecule has 1 fully saturated rings. The van der Waals surface area contributed by atoms with Crippen molar-refractivity contribution in [3.05, 3.63) is 0 Å². The van der Waals surface area contributed by atoms with E-state index in [0.29, 0.717) is 4.38 Å². The van der Waals surface area contributed by atoms with Crippen LogP contribution in [0.2, 0.25) is 0 Å². The van der Waals surface area contributed by atoms with E-state index < -0.39 is 0 Å². The van der Waals surface area contributed by atoms with Gasteiger partial charge in [0.25, 0.3) is 0 Å². The maximum absolute atomic E-state index is 5.04. The Balaban J connectivity index is 2.19. The van der Waals surface area contributed by atoms with Crippen molar-refractivity contribution >= 4 is 29.2 Å². The van der Waals surface area contributed by atoms with Gasteiger partial charge in [0.15, 0.2) is 0 Å². The van der Waals surface area contributed by atoms with Crippen LogP contribution in [0.5, 0.6) is 0 Å². The largest absolute Gasteiger partial charge is 0.387 e. The monoisotopic (exact) mass is 163 g/mol. The fourth-order valence-corrected chi connectivity index (χ4v) is 1.11. The van der Waals surface area contributed by atoms with Crippen molar-refractivity contribution < 1.29 is 4.84 Å². The first-order chi connectivity index (χ1) is 4.29. The summed E-state index contributed by atoms with van der Waals surface area (Å²) < 4.78 is 0.317. The molecule has 0 aliphatic carbocycles. The zero-order valence-electron chi connectivity index (χ0n) is 5.04. The van der Waals surface area contributed by atoms with Crippen LogP contribution in [0.4, 0.5) is 0 Å². The molecule has 0 aromatic carbocycles. The van der Waals surface area contributed by atoms with Crippen molar-refractivity contribution in [2.24, 2.45) is 0 Å². The molecule has 1 aliphatic rings. The van der Waals surface area contributed by atoms with Gasteiger partial charge in [-0.05, 0) is 25.1 Å². The second-order valence-corrected chi connectivity index (χ2v) is 3.07. The van der Waals surface area contributed by atoms with Crippen LogP contribution in [0.3, 0.4) is 0 Å². The molecule has 9 heavy (non-hydrogen) atoms. The van der Waals surface area contributed by atoms with Crippen LogP contribution in [-0.2, 0) is 4.84 Å². The van der Waals surface area contributed by atoms with Gasteiger partial charge in [-0.1, -0.05) is 12.6 Å². The molecule has 1 heterocycles. The molecule has 0 atom stereocenters. The van der Waals surface area contributed by atoms with E-state index in [9.17, 15) is 0 Å². The van der Waals surface area contributed by atoms with Crippen molar-refractivity contribution in [3.8, 4) is 0 Å². The van der Waals surface area contributed by atoms with Crippen LogP contribution in [0.1, 0.15) is 12.8 Å². The first-order valence-electron chi connectivity index (χ1n) is 2.95. The highest BCUT2D eigenvalue weighted by Crippen LogP contribution is 2.08. The molecule has 52 valence electrons. The van der Waals surface area contributed by atoms with Gasteiger partial charge in [0.05, 0.1) is 0 Å². The van der Waals surface area contributed by atoms with E-state index in [1.165, 1.54) is 12.8 Å². The third-order valence-corrected chi connectivity index (χ3v) is 1.43. The van der Waals surface area contributed by atoms with Crippen LogP contribution in [-0.4, -0.2) is 22.5 Å². The van der Waals surface area contributed by atoms with Crippen LogP contribution < -0.4 is 0 Å². The molecule has 2 nitrogen and oxygen atoms in total. The molecular weight excluding hydrogens is 154 g/mol. The lowest BCUT2D eigenvalue weighted by Gasteiger charge is -2.12. The first kappa shape index (κ1) is 7.31. The number of hydrogen-bond donors (Lipinski definition) is 1. The topological polar surface area (TPSA) is 12.5 Å². The number of hydroxylamine groups is 2. The standard InChI is InChI=1S/C5H9NOS2/c8-5(9)7-6-3-1-2-4-6/h1-4H2,(H,8,9). The second kappa shape index (κ2) is 3.39. The number of thiocarbonyl (C=S) groups is 1. The van der Waals surface area contributed by atoms with Gasteiger partial charge in [-0.2, -0.15) is 0 Å². The van der Waals surface area contributed by atoms with Gasteiger partial charge in [-0.25, -0.2) is 0 Å². The van der Waals surface area contributed by atoms with Crippen LogP contribution in [0, 0.1) is 0 Å². The predicted octanol–water partition coefficient (Wildman–Crippen LogP) is 1.23. The van der Waals surface area contributed by atoms with Gasteiger partial charge in [0.1, 0.15) is 0 Å². The molecule has 0 saturated carbocycles. The molecule has 0 aromatic rings. The Hall–Kier alpha value is 0.200. The summed E-state index contributed by atoms with van der Waals surface area (Å²) in [7, 11) is 0. The van der Waals surface area contributed by atoms with Gasteiger partial charge >= 0.3 is 0 Å². The summed E-state index contributed by atoms with van der Waals surface area (Å²) in [4.78, 5) is 5.04. The van der Waals surface area contributed by atoms with Crippen LogP contribution in [0.15, 0.2) is 0 Å². The Morgan fingerprint density at radius 3 is 2.44 bits per heavy atom. The molecular formula is C5H9NOS2. The predicted molar refractivity (Wildman–Crippen MR) is 43.5 cm³/mol. The van der Waals surface area contributed by atoms with Crippen LogP contribution in [0.25, 0.3) is 0 Å². The second-order valence-electron chi connectivity index (χ2n) is 1.99. The fourth-order valence-electron chi connectivity index (χ4n) is 0.890. The summed E-state index contributed by atoms with van der Waals surface area (Å²) in [5, 5.41) is 1.84. The van der Waals surface area contributed by atoms with E-state index in [1.54, 1.807) is 0 Å². The Morgan fingerprint density at radius 2 is 2.00 bits per heavy atom. The molecule has 0 unspecified atom stereocenters. The zero-order chi connectivity index (χ0) is 6.69. The highest BCUT2D eigenvalue weighted by Gasteiger charge is 2.12. The Bertz CT molecular complexity index is 112. The SMILES string of the molecule is S=C(S)ON1CCCC1. The average molecular weight is 163 g/mol. The molecule has 1 rings (SSSR count). The Labute approximate surface area is 65.5 Å². The molecule has 0 N–H and O–H groups in total. The molecule has 0 bridgehead atoms. The van der Waals surface area contributed by atoms with E-state index in [2.05, 4.69) is 24.8 Å². The maximum atomic E-state index is 5.04. The summed E-state index contributed by atoms with van der Waals surface area (Å²) >= 11 is 8.47. The van der Waals surface area contributed by atoms with Crippen molar-refractivity contribution in [1.29, 1.82) is 0 Å². The molecule has 0 amide bonds. The summed E-state index contributed by atoms with van der Waals surface area (Å²) in [6.07, 6.45) is 2.41. The fraction of sp³-hybridized carbons (Fsp3) is 0.800. The van der Waals surface area contributed by atoms with E-state index in [-0.39, 0.29) is 0 Å². The molecule has 0 aromatic heterocycles. The first-order valence-corrected chi connectivity index (χ1v) is 3.80. The van der Waals surface area contributed by atoms with E-state index in [1.807, 2.05) is 5.06 Å². The molecule has 4 heteroatoms. The zero-order valence-corrected chi connectivity index (χ0v) is 6.75. The summed E-state index contributed by atoms with van der Waals surface area (Å²) in [6, 6.07) is 0. The quantitative estimate of drug-likeness (QED) is 0.461. The number of rotatable bonds is 1. The van der Waals surface area contributed by atoms with E-state index in [0.717, 1.165) is 13.1 Å².